The van der Waals surface area contributed by atoms with E-state index in [9.17, 15) is 33.0 Å². The minimum atomic E-state index is -4.62. The monoisotopic (exact) mass is 629 g/mol. The van der Waals surface area contributed by atoms with E-state index in [1.807, 2.05) is 0 Å². The van der Waals surface area contributed by atoms with E-state index in [-0.39, 0.29) is 52.4 Å². The van der Waals surface area contributed by atoms with E-state index in [2.05, 4.69) is 19.2 Å². The van der Waals surface area contributed by atoms with Gasteiger partial charge < -0.3 is 15.5 Å². The Bertz CT molecular complexity index is 1530. The maximum atomic E-state index is 13.6. The van der Waals surface area contributed by atoms with Crippen LogP contribution in [0, 0.1) is 9.54 Å². The number of nitrogens with one attached hydrogen (secondary N) is 1. The second kappa shape index (κ2) is 14.8. The summed E-state index contributed by atoms with van der Waals surface area (Å²) in [6, 6.07) is 3.87. The number of nitrogens with zero attached hydrogens (tertiary/aromatic N) is 4. The maximum Gasteiger partial charge on any atom is 0.416 e. The molecule has 0 saturated carbocycles. The summed E-state index contributed by atoms with van der Waals surface area (Å²) in [7, 11) is 0. The molecule has 0 atom stereocenters. The van der Waals surface area contributed by atoms with E-state index in [0.717, 1.165) is 37.4 Å². The van der Waals surface area contributed by atoms with Crippen molar-refractivity contribution in [2.45, 2.75) is 79.8 Å². The highest BCUT2D eigenvalue weighted by molar-refractivity contribution is 7.71. The summed E-state index contributed by atoms with van der Waals surface area (Å²) in [5.74, 6) is -2.52. The molecule has 232 valence electrons. The Morgan fingerprint density at radius 2 is 1.07 bits per heavy atom. The number of alkyl halides is 3. The molecule has 0 bridgehead atoms. The van der Waals surface area contributed by atoms with Crippen LogP contribution < -0.4 is 16.4 Å². The van der Waals surface area contributed by atoms with Crippen LogP contribution in [0.4, 0.5) is 13.2 Å². The van der Waals surface area contributed by atoms with E-state index < -0.39 is 40.5 Å². The third-order valence-corrected chi connectivity index (χ3v) is 7.66. The molecule has 42 heavy (non-hydrogen) atoms. The smallest absolute Gasteiger partial charge is 0.416 e. The van der Waals surface area contributed by atoms with Gasteiger partial charge in [-0.05, 0) is 82.9 Å². The summed E-state index contributed by atoms with van der Waals surface area (Å²) >= 11 is 10.7. The summed E-state index contributed by atoms with van der Waals surface area (Å²) in [5.41, 5.74) is -2.91. The molecule has 0 amide bonds. The number of hydrogen-bond acceptors (Lipinski definition) is 7. The lowest BCUT2D eigenvalue weighted by Gasteiger charge is -2.25. The summed E-state index contributed by atoms with van der Waals surface area (Å²) in [6.07, 6.45) is -4.62. The van der Waals surface area contributed by atoms with Gasteiger partial charge in [0.1, 0.15) is 0 Å². The van der Waals surface area contributed by atoms with Gasteiger partial charge in [-0.15, -0.1) is 0 Å². The predicted molar refractivity (Wildman–Crippen MR) is 162 cm³/mol. The Labute approximate surface area is 252 Å². The van der Waals surface area contributed by atoms with Crippen LogP contribution in [0.1, 0.15) is 69.7 Å². The summed E-state index contributed by atoms with van der Waals surface area (Å²) < 4.78 is 45.0. The third-order valence-electron chi connectivity index (χ3n) is 6.78. The number of hydrogen-bond donors (Lipinski definition) is 3. The number of benzene rings is 1. The number of aromatic hydroxyl groups is 2. The zero-order valence-electron chi connectivity index (χ0n) is 24.6. The summed E-state index contributed by atoms with van der Waals surface area (Å²) in [6.45, 7) is 13.7. The van der Waals surface area contributed by atoms with Crippen molar-refractivity contribution >= 4 is 24.4 Å². The van der Waals surface area contributed by atoms with Gasteiger partial charge in [0.25, 0.3) is 11.1 Å². The molecule has 0 aliphatic heterocycles. The SMILES string of the molecule is CCNCC.CCn1c(O)c(C(c2ccc(C(F)(F)F)cc2)c2c(O)n(CC)c(=S)n(CC)c2=O)c(=O)n(CC)c1=S. The highest BCUT2D eigenvalue weighted by atomic mass is 32.1. The third kappa shape index (κ3) is 6.87. The lowest BCUT2D eigenvalue weighted by atomic mass is 9.86. The van der Waals surface area contributed by atoms with Crippen LogP contribution in [-0.2, 0) is 32.4 Å². The highest BCUT2D eigenvalue weighted by Crippen LogP contribution is 2.39. The molecule has 2 aromatic heterocycles. The largest absolute Gasteiger partial charge is 0.494 e. The fraction of sp³-hybridized carbons (Fsp3) is 0.500. The van der Waals surface area contributed by atoms with E-state index >= 15 is 0 Å². The van der Waals surface area contributed by atoms with Crippen LogP contribution in [0.5, 0.6) is 11.8 Å². The van der Waals surface area contributed by atoms with Crippen molar-refractivity contribution in [2.75, 3.05) is 13.1 Å². The average Bonchev–Trinajstić information content (AvgIpc) is 2.93. The molecule has 1 aromatic carbocycles. The lowest BCUT2D eigenvalue weighted by Crippen LogP contribution is -2.34. The Morgan fingerprint density at radius 1 is 0.714 bits per heavy atom. The zero-order valence-corrected chi connectivity index (χ0v) is 26.2. The molecule has 0 spiro atoms. The van der Waals surface area contributed by atoms with Crippen LogP contribution >= 0.6 is 24.4 Å². The minimum Gasteiger partial charge on any atom is -0.494 e. The second-order valence-corrected chi connectivity index (χ2v) is 9.87. The highest BCUT2D eigenvalue weighted by Gasteiger charge is 2.35. The molecule has 3 aromatic rings. The van der Waals surface area contributed by atoms with Gasteiger partial charge in [0, 0.05) is 26.2 Å². The fourth-order valence-corrected chi connectivity index (χ4v) is 5.50. The molecule has 0 aliphatic carbocycles. The first-order valence-corrected chi connectivity index (χ1v) is 14.6. The van der Waals surface area contributed by atoms with Crippen molar-refractivity contribution in [3.63, 3.8) is 0 Å². The molecule has 0 unspecified atom stereocenters. The summed E-state index contributed by atoms with van der Waals surface area (Å²) in [4.78, 5) is 27.3. The van der Waals surface area contributed by atoms with Crippen molar-refractivity contribution in [2.24, 2.45) is 0 Å². The normalized spacial score (nSPS) is 11.5. The minimum absolute atomic E-state index is 0.0436. The van der Waals surface area contributed by atoms with Gasteiger partial charge in [-0.25, -0.2) is 0 Å². The first kappa shape index (κ1) is 35.0. The van der Waals surface area contributed by atoms with E-state index in [4.69, 9.17) is 24.4 Å². The van der Waals surface area contributed by atoms with Gasteiger partial charge >= 0.3 is 6.18 Å². The molecule has 0 radical (unpaired) electrons. The molecule has 0 aliphatic rings. The topological polar surface area (TPSA) is 106 Å². The lowest BCUT2D eigenvalue weighted by molar-refractivity contribution is -0.137. The number of rotatable bonds is 9. The van der Waals surface area contributed by atoms with Crippen molar-refractivity contribution in [1.82, 2.24) is 23.6 Å². The molecule has 9 nitrogen and oxygen atoms in total. The van der Waals surface area contributed by atoms with Crippen LogP contribution in [-0.4, -0.2) is 41.6 Å². The summed E-state index contributed by atoms with van der Waals surface area (Å²) in [5, 5.41) is 25.6. The quantitative estimate of drug-likeness (QED) is 0.273. The standard InChI is InChI=1S/C24H27F3N4O4S2.C4H11N/c1-5-28-18(32)16(19(33)29(6-2)22(28)36)15(13-9-11-14(12-10-13)24(25,26)27)17-20(34)30(7-3)23(37)31(8-4)21(17)35;1-3-5-4-2/h9-12,15,32,34H,5-8H2,1-4H3;5H,3-4H2,1-2H3. The van der Waals surface area contributed by atoms with Gasteiger partial charge in [-0.3, -0.25) is 27.9 Å². The van der Waals surface area contributed by atoms with E-state index in [0.29, 0.717) is 0 Å². The zero-order chi connectivity index (χ0) is 31.9. The first-order valence-electron chi connectivity index (χ1n) is 13.8. The van der Waals surface area contributed by atoms with E-state index in [1.54, 1.807) is 27.7 Å². The van der Waals surface area contributed by atoms with Crippen LogP contribution in [0.2, 0.25) is 0 Å². The molecular formula is C28H38F3N5O4S2. The Balaban J connectivity index is 0.00000113. The van der Waals surface area contributed by atoms with Crippen LogP contribution in [0.15, 0.2) is 33.9 Å². The number of halogens is 3. The molecule has 3 rings (SSSR count). The molecule has 2 heterocycles. The Kier molecular flexibility index (Phi) is 12.3. The molecule has 0 fully saturated rings. The van der Waals surface area contributed by atoms with Gasteiger partial charge in [0.2, 0.25) is 11.8 Å². The van der Waals surface area contributed by atoms with Gasteiger partial charge in [0.05, 0.1) is 22.6 Å². The van der Waals surface area contributed by atoms with Crippen LogP contribution in [0.3, 0.4) is 0 Å². The Morgan fingerprint density at radius 3 is 1.33 bits per heavy atom. The molecule has 3 N–H and O–H groups in total. The van der Waals surface area contributed by atoms with Crippen molar-refractivity contribution < 1.29 is 23.4 Å². The van der Waals surface area contributed by atoms with E-state index in [1.165, 1.54) is 18.3 Å². The molecule has 0 saturated heterocycles. The molecule has 14 heteroatoms. The average molecular weight is 630 g/mol. The molecular weight excluding hydrogens is 591 g/mol. The van der Waals surface area contributed by atoms with Crippen molar-refractivity contribution in [3.05, 3.63) is 76.8 Å². The van der Waals surface area contributed by atoms with Gasteiger partial charge in [-0.2, -0.15) is 13.2 Å². The van der Waals surface area contributed by atoms with Crippen molar-refractivity contribution in [3.8, 4) is 11.8 Å². The second-order valence-electron chi connectivity index (χ2n) is 9.14. The maximum absolute atomic E-state index is 13.6. The first-order chi connectivity index (χ1) is 19.8. The Hall–Kier alpha value is -3.23. The van der Waals surface area contributed by atoms with Crippen LogP contribution in [0.25, 0.3) is 0 Å². The predicted octanol–water partition coefficient (Wildman–Crippen LogP) is 5.38. The number of aromatic nitrogens is 4. The van der Waals surface area contributed by atoms with Gasteiger partial charge in [0.15, 0.2) is 9.54 Å². The van der Waals surface area contributed by atoms with Crippen molar-refractivity contribution in [1.29, 1.82) is 0 Å². The fourth-order valence-electron chi connectivity index (χ4n) is 4.64. The van der Waals surface area contributed by atoms with Gasteiger partial charge in [-0.1, -0.05) is 26.0 Å².